The lowest BCUT2D eigenvalue weighted by Crippen LogP contribution is -2.33. The number of amides is 1. The number of piperidine rings is 1. The van der Waals surface area contributed by atoms with Crippen LogP contribution in [-0.2, 0) is 4.79 Å². The fourth-order valence-electron chi connectivity index (χ4n) is 2.68. The first-order valence-corrected chi connectivity index (χ1v) is 9.57. The Hall–Kier alpha value is -0.820. The van der Waals surface area contributed by atoms with E-state index in [2.05, 4.69) is 21.7 Å². The van der Waals surface area contributed by atoms with Crippen LogP contribution in [0.3, 0.4) is 0 Å². The summed E-state index contributed by atoms with van der Waals surface area (Å²) in [5.41, 5.74) is 1.01. The molecule has 1 fully saturated rings. The van der Waals surface area contributed by atoms with E-state index in [0.29, 0.717) is 11.7 Å². The standard InChI is InChI=1S/C16H21N3OS2.ClH/c20-15(18-9-7-12-4-3-8-17-10-12)11-21-16-19-13-5-1-2-6-14(13)22-16;/h1-2,5-6,12,17H,3-4,7-11H2,(H,18,20);1H. The van der Waals surface area contributed by atoms with E-state index in [1.165, 1.54) is 29.3 Å². The number of carbonyl (C=O) groups excluding carboxylic acids is 1. The maximum absolute atomic E-state index is 11.9. The monoisotopic (exact) mass is 371 g/mol. The molecule has 7 heteroatoms. The van der Waals surface area contributed by atoms with Crippen LogP contribution >= 0.6 is 35.5 Å². The fourth-order valence-corrected chi connectivity index (χ4v) is 4.58. The van der Waals surface area contributed by atoms with E-state index >= 15 is 0 Å². The minimum Gasteiger partial charge on any atom is -0.355 e. The van der Waals surface area contributed by atoms with E-state index in [0.717, 1.165) is 35.9 Å². The summed E-state index contributed by atoms with van der Waals surface area (Å²) in [5.74, 6) is 1.27. The number of halogens is 1. The average Bonchev–Trinajstić information content (AvgIpc) is 2.97. The van der Waals surface area contributed by atoms with Crippen LogP contribution in [0.15, 0.2) is 28.6 Å². The predicted molar refractivity (Wildman–Crippen MR) is 101 cm³/mol. The van der Waals surface area contributed by atoms with Crippen LogP contribution in [0.25, 0.3) is 10.2 Å². The van der Waals surface area contributed by atoms with Crippen LogP contribution in [0.1, 0.15) is 19.3 Å². The lowest BCUT2D eigenvalue weighted by atomic mass is 9.96. The van der Waals surface area contributed by atoms with Gasteiger partial charge in [0.15, 0.2) is 4.34 Å². The summed E-state index contributed by atoms with van der Waals surface area (Å²) in [4.78, 5) is 16.4. The molecule has 2 aromatic rings. The minimum atomic E-state index is 0. The number of carbonyl (C=O) groups is 1. The normalized spacial score (nSPS) is 17.7. The molecule has 1 aliphatic rings. The van der Waals surface area contributed by atoms with Crippen molar-refractivity contribution < 1.29 is 4.79 Å². The van der Waals surface area contributed by atoms with Crippen molar-refractivity contribution in [3.8, 4) is 0 Å². The molecule has 1 unspecified atom stereocenters. The summed E-state index contributed by atoms with van der Waals surface area (Å²) in [6.07, 6.45) is 3.61. The Balaban J connectivity index is 0.00000192. The van der Waals surface area contributed by atoms with Crippen molar-refractivity contribution in [1.29, 1.82) is 0 Å². The first kappa shape index (κ1) is 18.5. The highest BCUT2D eigenvalue weighted by Crippen LogP contribution is 2.29. The third kappa shape index (κ3) is 5.64. The Bertz CT molecular complexity index is 596. The van der Waals surface area contributed by atoms with Gasteiger partial charge in [0.2, 0.25) is 5.91 Å². The third-order valence-corrected chi connectivity index (χ3v) is 6.05. The summed E-state index contributed by atoms with van der Waals surface area (Å²) >= 11 is 3.17. The number of thioether (sulfide) groups is 1. The van der Waals surface area contributed by atoms with Gasteiger partial charge in [-0.15, -0.1) is 23.7 Å². The average molecular weight is 372 g/mol. The number of fused-ring (bicyclic) bond motifs is 1. The Morgan fingerprint density at radius 1 is 1.43 bits per heavy atom. The molecule has 1 amide bonds. The first-order valence-electron chi connectivity index (χ1n) is 7.77. The zero-order valence-corrected chi connectivity index (χ0v) is 15.4. The number of hydrogen-bond donors (Lipinski definition) is 2. The first-order chi connectivity index (χ1) is 10.8. The molecule has 1 atom stereocenters. The number of rotatable bonds is 6. The summed E-state index contributed by atoms with van der Waals surface area (Å²) in [5, 5.41) is 6.43. The van der Waals surface area contributed by atoms with Crippen LogP contribution in [0.5, 0.6) is 0 Å². The zero-order valence-electron chi connectivity index (χ0n) is 12.9. The Morgan fingerprint density at radius 3 is 3.09 bits per heavy atom. The number of nitrogens with zero attached hydrogens (tertiary/aromatic N) is 1. The third-order valence-electron chi connectivity index (χ3n) is 3.87. The van der Waals surface area contributed by atoms with Crippen LogP contribution in [0, 0.1) is 5.92 Å². The lowest BCUT2D eigenvalue weighted by Gasteiger charge is -2.22. The molecule has 126 valence electrons. The fraction of sp³-hybridized carbons (Fsp3) is 0.500. The van der Waals surface area contributed by atoms with Crippen molar-refractivity contribution in [2.75, 3.05) is 25.4 Å². The molecule has 4 nitrogen and oxygen atoms in total. The molecule has 0 spiro atoms. The molecule has 1 aromatic heterocycles. The largest absolute Gasteiger partial charge is 0.355 e. The summed E-state index contributed by atoms with van der Waals surface area (Å²) < 4.78 is 2.14. The molecule has 2 N–H and O–H groups in total. The van der Waals surface area contributed by atoms with Gasteiger partial charge < -0.3 is 10.6 Å². The molecule has 0 aliphatic carbocycles. The summed E-state index contributed by atoms with van der Waals surface area (Å²) in [6.45, 7) is 3.02. The van der Waals surface area contributed by atoms with Crippen LogP contribution in [0.4, 0.5) is 0 Å². The number of nitrogens with one attached hydrogen (secondary N) is 2. The van der Waals surface area contributed by atoms with Gasteiger partial charge in [-0.1, -0.05) is 23.9 Å². The number of aromatic nitrogens is 1. The molecular weight excluding hydrogens is 350 g/mol. The second-order valence-corrected chi connectivity index (χ2v) is 7.84. The van der Waals surface area contributed by atoms with Gasteiger partial charge in [0.05, 0.1) is 16.0 Å². The quantitative estimate of drug-likeness (QED) is 0.765. The molecule has 0 saturated carbocycles. The van der Waals surface area contributed by atoms with E-state index in [-0.39, 0.29) is 18.3 Å². The van der Waals surface area contributed by atoms with Gasteiger partial charge in [0, 0.05) is 6.54 Å². The van der Waals surface area contributed by atoms with Crippen molar-refractivity contribution in [1.82, 2.24) is 15.6 Å². The van der Waals surface area contributed by atoms with Gasteiger partial charge in [-0.3, -0.25) is 4.79 Å². The van der Waals surface area contributed by atoms with Crippen LogP contribution in [0.2, 0.25) is 0 Å². The molecule has 3 rings (SSSR count). The molecule has 1 aliphatic heterocycles. The second-order valence-electron chi connectivity index (χ2n) is 5.59. The molecule has 1 saturated heterocycles. The van der Waals surface area contributed by atoms with Crippen molar-refractivity contribution in [3.63, 3.8) is 0 Å². The van der Waals surface area contributed by atoms with E-state index in [4.69, 9.17) is 0 Å². The van der Waals surface area contributed by atoms with Gasteiger partial charge in [-0.25, -0.2) is 4.98 Å². The van der Waals surface area contributed by atoms with E-state index in [1.807, 2.05) is 18.2 Å². The number of para-hydroxylation sites is 1. The van der Waals surface area contributed by atoms with Crippen molar-refractivity contribution in [2.45, 2.75) is 23.6 Å². The maximum atomic E-state index is 11.9. The van der Waals surface area contributed by atoms with Gasteiger partial charge in [-0.05, 0) is 50.4 Å². The maximum Gasteiger partial charge on any atom is 0.230 e. The Labute approximate surface area is 151 Å². The highest BCUT2D eigenvalue weighted by atomic mass is 35.5. The minimum absolute atomic E-state index is 0. The Kier molecular flexibility index (Phi) is 7.62. The molecular formula is C16H22ClN3OS2. The number of hydrogen-bond acceptors (Lipinski definition) is 5. The van der Waals surface area contributed by atoms with Crippen molar-refractivity contribution in [2.24, 2.45) is 5.92 Å². The predicted octanol–water partition coefficient (Wildman–Crippen LogP) is 3.32. The molecule has 0 bridgehead atoms. The Morgan fingerprint density at radius 2 is 2.30 bits per heavy atom. The number of thiazole rings is 1. The van der Waals surface area contributed by atoms with Gasteiger partial charge in [0.25, 0.3) is 0 Å². The van der Waals surface area contributed by atoms with Crippen LogP contribution in [-0.4, -0.2) is 36.3 Å². The van der Waals surface area contributed by atoms with E-state index in [1.54, 1.807) is 11.3 Å². The molecule has 2 heterocycles. The van der Waals surface area contributed by atoms with Crippen molar-refractivity contribution in [3.05, 3.63) is 24.3 Å². The smallest absolute Gasteiger partial charge is 0.230 e. The zero-order chi connectivity index (χ0) is 15.2. The van der Waals surface area contributed by atoms with Gasteiger partial charge >= 0.3 is 0 Å². The van der Waals surface area contributed by atoms with Gasteiger partial charge in [-0.2, -0.15) is 0 Å². The van der Waals surface area contributed by atoms with Crippen LogP contribution < -0.4 is 10.6 Å². The highest BCUT2D eigenvalue weighted by molar-refractivity contribution is 8.01. The number of benzene rings is 1. The SMILES string of the molecule is Cl.O=C(CSc1nc2ccccc2s1)NCCC1CCCNC1. The highest BCUT2D eigenvalue weighted by Gasteiger charge is 2.13. The molecule has 0 radical (unpaired) electrons. The van der Waals surface area contributed by atoms with E-state index in [9.17, 15) is 4.79 Å². The van der Waals surface area contributed by atoms with Gasteiger partial charge in [0.1, 0.15) is 0 Å². The molecule has 1 aromatic carbocycles. The summed E-state index contributed by atoms with van der Waals surface area (Å²) in [6, 6.07) is 8.08. The van der Waals surface area contributed by atoms with Crippen molar-refractivity contribution >= 4 is 51.6 Å². The lowest BCUT2D eigenvalue weighted by molar-refractivity contribution is -0.118. The van der Waals surface area contributed by atoms with E-state index < -0.39 is 0 Å². The topological polar surface area (TPSA) is 54.0 Å². The molecule has 23 heavy (non-hydrogen) atoms. The second kappa shape index (κ2) is 9.47. The summed E-state index contributed by atoms with van der Waals surface area (Å²) in [7, 11) is 0.